The molecule has 1 fully saturated rings. The van der Waals surface area contributed by atoms with E-state index in [1.54, 1.807) is 6.20 Å². The summed E-state index contributed by atoms with van der Waals surface area (Å²) in [5.41, 5.74) is 1.88. The lowest BCUT2D eigenvalue weighted by Gasteiger charge is -2.32. The van der Waals surface area contributed by atoms with E-state index in [2.05, 4.69) is 20.3 Å². The molecule has 0 unspecified atom stereocenters. The lowest BCUT2D eigenvalue weighted by Crippen LogP contribution is -2.41. The van der Waals surface area contributed by atoms with E-state index in [1.165, 1.54) is 0 Å². The minimum Gasteiger partial charge on any atom is -0.326 e. The Hall–Kier alpha value is -2.93. The highest BCUT2D eigenvalue weighted by molar-refractivity contribution is 5.92. The number of hydrogen-bond donors (Lipinski definition) is 1. The monoisotopic (exact) mass is 392 g/mol. The number of piperidine rings is 1. The molecule has 1 aromatic carbocycles. The van der Waals surface area contributed by atoms with Gasteiger partial charge in [-0.2, -0.15) is 5.10 Å². The summed E-state index contributed by atoms with van der Waals surface area (Å²) in [6.07, 6.45) is 10.6. The Labute approximate surface area is 171 Å². The highest BCUT2D eigenvalue weighted by Gasteiger charge is 2.25. The summed E-state index contributed by atoms with van der Waals surface area (Å²) in [5, 5.41) is 7.34. The van der Waals surface area contributed by atoms with Crippen LogP contribution < -0.4 is 5.32 Å². The molecule has 29 heavy (non-hydrogen) atoms. The largest absolute Gasteiger partial charge is 0.326 e. The van der Waals surface area contributed by atoms with Gasteiger partial charge >= 0.3 is 0 Å². The highest BCUT2D eigenvalue weighted by atomic mass is 16.1. The van der Waals surface area contributed by atoms with Gasteiger partial charge in [0.15, 0.2) is 0 Å². The van der Waals surface area contributed by atoms with Crippen molar-refractivity contribution in [3.05, 3.63) is 60.9 Å². The van der Waals surface area contributed by atoms with E-state index >= 15 is 0 Å². The summed E-state index contributed by atoms with van der Waals surface area (Å²) in [6.45, 7) is 5.80. The number of carbonyl (C=O) groups excluding carboxylic acids is 1. The third-order valence-electron chi connectivity index (χ3n) is 5.54. The van der Waals surface area contributed by atoms with Crippen molar-refractivity contribution < 1.29 is 4.79 Å². The molecule has 0 radical (unpaired) electrons. The number of amides is 1. The molecule has 7 nitrogen and oxygen atoms in total. The van der Waals surface area contributed by atoms with Crippen LogP contribution in [0, 0.1) is 12.8 Å². The predicted molar refractivity (Wildman–Crippen MR) is 113 cm³/mol. The fraction of sp³-hybridized carbons (Fsp3) is 0.409. The Bertz CT molecular complexity index is 915. The molecule has 3 heterocycles. The molecule has 1 saturated heterocycles. The number of hydrogen-bond acceptors (Lipinski definition) is 4. The van der Waals surface area contributed by atoms with Crippen LogP contribution in [0.2, 0.25) is 0 Å². The van der Waals surface area contributed by atoms with Gasteiger partial charge in [0, 0.05) is 49.3 Å². The van der Waals surface area contributed by atoms with Gasteiger partial charge in [-0.15, -0.1) is 0 Å². The van der Waals surface area contributed by atoms with E-state index in [4.69, 9.17) is 0 Å². The molecule has 1 aliphatic heterocycles. The molecule has 2 aromatic heterocycles. The zero-order chi connectivity index (χ0) is 20.1. The maximum Gasteiger partial charge on any atom is 0.228 e. The Balaban J connectivity index is 1.28. The van der Waals surface area contributed by atoms with E-state index in [0.29, 0.717) is 0 Å². The van der Waals surface area contributed by atoms with Crippen LogP contribution in [0.1, 0.15) is 25.1 Å². The number of anilines is 1. The normalized spacial score (nSPS) is 17.3. The number of likely N-dealkylation sites (tertiary alicyclic amines) is 1. The molecular formula is C22H28N6O. The molecule has 1 aliphatic rings. The average Bonchev–Trinajstić information content (AvgIpc) is 3.41. The van der Waals surface area contributed by atoms with Crippen LogP contribution in [0.25, 0.3) is 5.69 Å². The summed E-state index contributed by atoms with van der Waals surface area (Å²) < 4.78 is 3.98. The molecule has 7 heteroatoms. The van der Waals surface area contributed by atoms with Crippen LogP contribution >= 0.6 is 0 Å². The number of aromatic nitrogens is 4. The summed E-state index contributed by atoms with van der Waals surface area (Å²) in [4.78, 5) is 19.4. The second-order valence-corrected chi connectivity index (χ2v) is 7.64. The molecule has 0 spiro atoms. The van der Waals surface area contributed by atoms with Gasteiger partial charge in [0.25, 0.3) is 0 Å². The van der Waals surface area contributed by atoms with Crippen LogP contribution in [0.3, 0.4) is 0 Å². The van der Waals surface area contributed by atoms with Crippen molar-refractivity contribution in [2.45, 2.75) is 32.7 Å². The first kappa shape index (κ1) is 19.4. The Kier molecular flexibility index (Phi) is 6.05. The zero-order valence-electron chi connectivity index (χ0n) is 16.9. The van der Waals surface area contributed by atoms with Gasteiger partial charge in [0.2, 0.25) is 5.91 Å². The third-order valence-corrected chi connectivity index (χ3v) is 5.54. The first-order valence-corrected chi connectivity index (χ1v) is 10.3. The number of nitrogens with one attached hydrogen (secondary N) is 1. The first-order chi connectivity index (χ1) is 14.2. The molecule has 0 bridgehead atoms. The SMILES string of the molecule is Cc1nccn1-c1ccc(NC(=O)[C@@H]2CCCN(CCCn3cccn3)C2)cc1. The quantitative estimate of drug-likeness (QED) is 0.671. The van der Waals surface area contributed by atoms with Crippen LogP contribution in [0.4, 0.5) is 5.69 Å². The zero-order valence-corrected chi connectivity index (χ0v) is 16.9. The lowest BCUT2D eigenvalue weighted by molar-refractivity contribution is -0.121. The standard InChI is InChI=1S/C22H28N6O/c1-18-23-11-16-28(18)21-8-6-20(7-9-21)25-22(29)19-5-2-12-26(17-19)13-4-15-27-14-3-10-24-27/h3,6-11,14,16,19H,2,4-5,12-13,15,17H2,1H3,(H,25,29)/t19-/m1/s1. The molecule has 0 saturated carbocycles. The highest BCUT2D eigenvalue weighted by Crippen LogP contribution is 2.20. The molecule has 1 amide bonds. The van der Waals surface area contributed by atoms with Crippen LogP contribution in [-0.4, -0.2) is 49.8 Å². The van der Waals surface area contributed by atoms with E-state index < -0.39 is 0 Å². The van der Waals surface area contributed by atoms with Gasteiger partial charge in [-0.05, 0) is 69.6 Å². The minimum atomic E-state index is 0.0454. The summed E-state index contributed by atoms with van der Waals surface area (Å²) >= 11 is 0. The molecule has 1 atom stereocenters. The van der Waals surface area contributed by atoms with Crippen molar-refractivity contribution in [2.24, 2.45) is 5.92 Å². The second-order valence-electron chi connectivity index (χ2n) is 7.64. The van der Waals surface area contributed by atoms with Gasteiger partial charge in [0.05, 0.1) is 5.92 Å². The van der Waals surface area contributed by atoms with Gasteiger partial charge in [-0.1, -0.05) is 0 Å². The molecule has 0 aliphatic carbocycles. The maximum atomic E-state index is 12.8. The number of benzene rings is 1. The van der Waals surface area contributed by atoms with Crippen LogP contribution in [0.5, 0.6) is 0 Å². The van der Waals surface area contributed by atoms with Crippen LogP contribution in [0.15, 0.2) is 55.1 Å². The molecular weight excluding hydrogens is 364 g/mol. The van der Waals surface area contributed by atoms with E-state index in [-0.39, 0.29) is 11.8 Å². The van der Waals surface area contributed by atoms with Gasteiger partial charge < -0.3 is 14.8 Å². The van der Waals surface area contributed by atoms with Crippen molar-refractivity contribution in [1.82, 2.24) is 24.2 Å². The fourth-order valence-corrected chi connectivity index (χ4v) is 3.96. The van der Waals surface area contributed by atoms with Gasteiger partial charge in [-0.3, -0.25) is 9.48 Å². The Morgan fingerprint density at radius 3 is 2.76 bits per heavy atom. The Morgan fingerprint density at radius 2 is 2.03 bits per heavy atom. The van der Waals surface area contributed by atoms with E-state index in [1.807, 2.05) is 65.1 Å². The van der Waals surface area contributed by atoms with Crippen molar-refractivity contribution >= 4 is 11.6 Å². The molecule has 1 N–H and O–H groups in total. The third kappa shape index (κ3) is 4.92. The topological polar surface area (TPSA) is 68.0 Å². The number of rotatable bonds is 7. The summed E-state index contributed by atoms with van der Waals surface area (Å²) in [7, 11) is 0. The number of carbonyl (C=O) groups is 1. The molecule has 152 valence electrons. The molecule has 4 rings (SSSR count). The number of imidazole rings is 1. The fourth-order valence-electron chi connectivity index (χ4n) is 3.96. The van der Waals surface area contributed by atoms with E-state index in [0.717, 1.165) is 62.6 Å². The summed E-state index contributed by atoms with van der Waals surface area (Å²) in [5.74, 6) is 1.11. The first-order valence-electron chi connectivity index (χ1n) is 10.3. The maximum absolute atomic E-state index is 12.8. The average molecular weight is 393 g/mol. The molecule has 3 aromatic rings. The lowest BCUT2D eigenvalue weighted by atomic mass is 9.97. The smallest absolute Gasteiger partial charge is 0.228 e. The van der Waals surface area contributed by atoms with Crippen molar-refractivity contribution in [3.63, 3.8) is 0 Å². The number of aryl methyl sites for hydroxylation is 2. The minimum absolute atomic E-state index is 0.0454. The number of nitrogens with zero attached hydrogens (tertiary/aromatic N) is 5. The Morgan fingerprint density at radius 1 is 1.17 bits per heavy atom. The van der Waals surface area contributed by atoms with E-state index in [9.17, 15) is 4.79 Å². The summed E-state index contributed by atoms with van der Waals surface area (Å²) in [6, 6.07) is 9.87. The van der Waals surface area contributed by atoms with Crippen molar-refractivity contribution in [1.29, 1.82) is 0 Å². The second kappa shape index (κ2) is 9.05. The van der Waals surface area contributed by atoms with Gasteiger partial charge in [0.1, 0.15) is 5.82 Å². The predicted octanol–water partition coefficient (Wildman–Crippen LogP) is 3.12. The van der Waals surface area contributed by atoms with Crippen LogP contribution in [-0.2, 0) is 11.3 Å². The van der Waals surface area contributed by atoms with Gasteiger partial charge in [-0.25, -0.2) is 4.98 Å². The van der Waals surface area contributed by atoms with Crippen molar-refractivity contribution in [2.75, 3.05) is 25.0 Å². The van der Waals surface area contributed by atoms with Crippen molar-refractivity contribution in [3.8, 4) is 5.69 Å².